The van der Waals surface area contributed by atoms with Crippen molar-refractivity contribution in [2.75, 3.05) is 37.0 Å². The Labute approximate surface area is 202 Å². The van der Waals surface area contributed by atoms with Crippen LogP contribution in [0, 0.1) is 12.7 Å². The second-order valence-electron chi connectivity index (χ2n) is 8.74. The summed E-state index contributed by atoms with van der Waals surface area (Å²) in [6.45, 7) is 3.70. The molecule has 0 amide bonds. The second kappa shape index (κ2) is 9.52. The van der Waals surface area contributed by atoms with E-state index in [1.165, 1.54) is 16.4 Å². The van der Waals surface area contributed by atoms with Gasteiger partial charge in [-0.05, 0) is 32.0 Å². The first kappa shape index (κ1) is 25.6. The lowest BCUT2D eigenvalue weighted by molar-refractivity contribution is 0.146. The molecule has 0 aliphatic carbocycles. The van der Waals surface area contributed by atoms with Crippen LogP contribution in [0.25, 0.3) is 10.9 Å². The predicted octanol–water partition coefficient (Wildman–Crippen LogP) is 4.45. The topological polar surface area (TPSA) is 92.3 Å². The molecule has 0 spiro atoms. The van der Waals surface area contributed by atoms with Gasteiger partial charge in [0.2, 0.25) is 10.0 Å². The Hall–Kier alpha value is -2.49. The summed E-state index contributed by atoms with van der Waals surface area (Å²) < 4.78 is 79.7. The lowest BCUT2D eigenvalue weighted by Gasteiger charge is -2.31. The molecule has 12 heteroatoms. The number of hydrogen-bond acceptors (Lipinski definition) is 6. The smallest absolute Gasteiger partial charge is 0.266 e. The molecule has 1 atom stereocenters. The number of alkyl halides is 2. The van der Waals surface area contributed by atoms with E-state index in [1.54, 1.807) is 32.0 Å². The van der Waals surface area contributed by atoms with Crippen molar-refractivity contribution in [3.05, 3.63) is 59.2 Å². The standard InChI is InChI=1S/C23H26F3N4O3PS/c1-14(17-5-4-6-18(21(17)24)22(25)26)27-23-19-13-16(7-8-20(19)28-15(2)29-23)34(31)11-9-30(10-12-34)35(3,32)33/h4-8,13-14,22H,9-12H2,1-3H3,(H,27,28,29)/t14-/m1/s1. The van der Waals surface area contributed by atoms with Gasteiger partial charge in [-0.25, -0.2) is 35.9 Å². The van der Waals surface area contributed by atoms with E-state index in [1.807, 2.05) is 0 Å². The Bertz CT molecular complexity index is 1420. The Morgan fingerprint density at radius 1 is 1.09 bits per heavy atom. The van der Waals surface area contributed by atoms with Crippen molar-refractivity contribution < 1.29 is 26.2 Å². The predicted molar refractivity (Wildman–Crippen MR) is 131 cm³/mol. The van der Waals surface area contributed by atoms with Gasteiger partial charge in [0, 0.05) is 41.7 Å². The summed E-state index contributed by atoms with van der Waals surface area (Å²) in [5, 5.41) is 4.26. The lowest BCUT2D eigenvalue weighted by Crippen LogP contribution is -2.40. The summed E-state index contributed by atoms with van der Waals surface area (Å²) in [7, 11) is -6.21. The normalized spacial score (nSPS) is 17.6. The van der Waals surface area contributed by atoms with Gasteiger partial charge in [0.05, 0.1) is 23.4 Å². The maximum absolute atomic E-state index is 14.7. The molecule has 2 heterocycles. The van der Waals surface area contributed by atoms with E-state index < -0.39 is 41.0 Å². The molecule has 2 aromatic carbocycles. The number of aryl methyl sites for hydroxylation is 1. The van der Waals surface area contributed by atoms with Crippen LogP contribution in [-0.2, 0) is 14.6 Å². The van der Waals surface area contributed by atoms with Gasteiger partial charge in [0.1, 0.15) is 24.6 Å². The van der Waals surface area contributed by atoms with E-state index in [2.05, 4.69) is 15.3 Å². The number of sulfonamides is 1. The Morgan fingerprint density at radius 3 is 2.37 bits per heavy atom. The first-order valence-electron chi connectivity index (χ1n) is 11.0. The van der Waals surface area contributed by atoms with Crippen molar-refractivity contribution in [3.63, 3.8) is 0 Å². The highest BCUT2D eigenvalue weighted by Crippen LogP contribution is 2.47. The fourth-order valence-corrected chi connectivity index (χ4v) is 8.01. The molecule has 3 aromatic rings. The van der Waals surface area contributed by atoms with Gasteiger partial charge in [-0.15, -0.1) is 0 Å². The van der Waals surface area contributed by atoms with E-state index in [0.717, 1.165) is 12.3 Å². The van der Waals surface area contributed by atoms with E-state index in [0.29, 0.717) is 27.8 Å². The van der Waals surface area contributed by atoms with E-state index in [9.17, 15) is 26.2 Å². The average Bonchev–Trinajstić information content (AvgIpc) is 2.78. The van der Waals surface area contributed by atoms with Crippen molar-refractivity contribution >= 4 is 39.2 Å². The van der Waals surface area contributed by atoms with Gasteiger partial charge in [0.15, 0.2) is 0 Å². The molecule has 0 bridgehead atoms. The number of nitrogens with zero attached hydrogens (tertiary/aromatic N) is 3. The Kier molecular flexibility index (Phi) is 6.96. The molecule has 1 fully saturated rings. The minimum absolute atomic E-state index is 0.0734. The molecular weight excluding hydrogens is 500 g/mol. The summed E-state index contributed by atoms with van der Waals surface area (Å²) in [6, 6.07) is 8.39. The van der Waals surface area contributed by atoms with Gasteiger partial charge in [-0.3, -0.25) is 0 Å². The van der Waals surface area contributed by atoms with Crippen molar-refractivity contribution in [1.29, 1.82) is 0 Å². The van der Waals surface area contributed by atoms with E-state index in [-0.39, 0.29) is 31.0 Å². The number of fused-ring (bicyclic) bond motifs is 1. The third-order valence-electron chi connectivity index (χ3n) is 6.27. The van der Waals surface area contributed by atoms with Crippen molar-refractivity contribution in [1.82, 2.24) is 14.3 Å². The van der Waals surface area contributed by atoms with E-state index in [4.69, 9.17) is 0 Å². The summed E-state index contributed by atoms with van der Waals surface area (Å²) in [6.07, 6.45) is -1.34. The highest BCUT2D eigenvalue weighted by molar-refractivity contribution is 7.88. The molecule has 0 unspecified atom stereocenters. The second-order valence-corrected chi connectivity index (χ2v) is 13.9. The fourth-order valence-electron chi connectivity index (χ4n) is 4.31. The minimum atomic E-state index is -3.35. The molecule has 0 saturated carbocycles. The lowest BCUT2D eigenvalue weighted by atomic mass is 10.0. The summed E-state index contributed by atoms with van der Waals surface area (Å²) in [5.41, 5.74) is -0.0101. The first-order valence-corrected chi connectivity index (χ1v) is 15.0. The van der Waals surface area contributed by atoms with Gasteiger partial charge in [0.25, 0.3) is 6.43 Å². The quantitative estimate of drug-likeness (QED) is 0.477. The third-order valence-corrected chi connectivity index (χ3v) is 10.6. The van der Waals surface area contributed by atoms with Crippen LogP contribution in [0.5, 0.6) is 0 Å². The van der Waals surface area contributed by atoms with E-state index >= 15 is 0 Å². The number of hydrogen-bond donors (Lipinski definition) is 1. The van der Waals surface area contributed by atoms with Gasteiger partial charge >= 0.3 is 0 Å². The molecule has 35 heavy (non-hydrogen) atoms. The van der Waals surface area contributed by atoms with Crippen LogP contribution in [0.2, 0.25) is 0 Å². The van der Waals surface area contributed by atoms with Crippen molar-refractivity contribution in [2.24, 2.45) is 0 Å². The Balaban J connectivity index is 1.69. The zero-order valence-electron chi connectivity index (χ0n) is 19.5. The van der Waals surface area contributed by atoms with Crippen LogP contribution in [-0.4, -0.2) is 54.4 Å². The monoisotopic (exact) mass is 526 g/mol. The van der Waals surface area contributed by atoms with Crippen LogP contribution in [0.4, 0.5) is 19.0 Å². The number of rotatable bonds is 6. The molecule has 1 N–H and O–H groups in total. The largest absolute Gasteiger partial charge is 0.363 e. The van der Waals surface area contributed by atoms with Gasteiger partial charge in [-0.2, -0.15) is 0 Å². The van der Waals surface area contributed by atoms with Crippen LogP contribution in [0.3, 0.4) is 0 Å². The molecular formula is C23H26F3N4O3PS. The molecule has 7 nitrogen and oxygen atoms in total. The summed E-state index contributed by atoms with van der Waals surface area (Å²) in [4.78, 5) is 8.86. The minimum Gasteiger partial charge on any atom is -0.363 e. The molecule has 1 aromatic heterocycles. The zero-order chi connectivity index (χ0) is 25.5. The Morgan fingerprint density at radius 2 is 1.74 bits per heavy atom. The number of benzene rings is 2. The molecule has 1 aliphatic rings. The number of aromatic nitrogens is 2. The van der Waals surface area contributed by atoms with Crippen LogP contribution < -0.4 is 10.6 Å². The number of nitrogens with one attached hydrogen (secondary N) is 1. The fraction of sp³-hybridized carbons (Fsp3) is 0.391. The SMILES string of the molecule is Cc1nc(N[C@H](C)c2cccc(C(F)F)c2F)c2cc(P3(=O)CCN(S(C)(=O)=O)CC3)ccc2n1. The molecule has 188 valence electrons. The van der Waals surface area contributed by atoms with Crippen molar-refractivity contribution in [2.45, 2.75) is 26.3 Å². The molecule has 0 radical (unpaired) electrons. The van der Waals surface area contributed by atoms with Crippen LogP contribution >= 0.6 is 7.14 Å². The maximum atomic E-state index is 14.7. The zero-order valence-corrected chi connectivity index (χ0v) is 21.2. The molecule has 1 aliphatic heterocycles. The van der Waals surface area contributed by atoms with Crippen LogP contribution in [0.15, 0.2) is 36.4 Å². The van der Waals surface area contributed by atoms with Gasteiger partial charge < -0.3 is 9.88 Å². The highest BCUT2D eigenvalue weighted by Gasteiger charge is 2.34. The average molecular weight is 527 g/mol. The number of anilines is 1. The molecule has 4 rings (SSSR count). The first-order chi connectivity index (χ1) is 16.4. The maximum Gasteiger partial charge on any atom is 0.266 e. The number of halogens is 3. The summed E-state index contributed by atoms with van der Waals surface area (Å²) >= 11 is 0. The highest BCUT2D eigenvalue weighted by atomic mass is 32.2. The van der Waals surface area contributed by atoms with Crippen LogP contribution in [0.1, 0.15) is 36.3 Å². The molecule has 1 saturated heterocycles. The van der Waals surface area contributed by atoms with Crippen molar-refractivity contribution in [3.8, 4) is 0 Å². The summed E-state index contributed by atoms with van der Waals surface area (Å²) in [5.74, 6) is -0.153. The third kappa shape index (κ3) is 5.22. The van der Waals surface area contributed by atoms with Gasteiger partial charge in [-0.1, -0.05) is 18.2 Å².